The molecule has 1 amide bonds. The second kappa shape index (κ2) is 6.04. The van der Waals surface area contributed by atoms with E-state index in [1.165, 1.54) is 7.11 Å². The van der Waals surface area contributed by atoms with Crippen LogP contribution in [0.1, 0.15) is 27.2 Å². The van der Waals surface area contributed by atoms with E-state index in [0.717, 1.165) is 0 Å². The largest absolute Gasteiger partial charge is 0.469 e. The fraction of sp³-hybridized carbons (Fsp3) is 0.833. The summed E-state index contributed by atoms with van der Waals surface area (Å²) in [5.41, 5.74) is -0.521. The highest BCUT2D eigenvalue weighted by molar-refractivity contribution is 5.71. The van der Waals surface area contributed by atoms with Crippen LogP contribution in [0.4, 0.5) is 4.79 Å². The Morgan fingerprint density at radius 2 is 2.06 bits per heavy atom. The maximum absolute atomic E-state index is 11.8. The summed E-state index contributed by atoms with van der Waals surface area (Å²) < 4.78 is 15.3. The standard InChI is InChI=1S/C12H21NO5/c1-12(2,3)18-11(15)13-5-6-17-9(8-13)7-10(14)16-4/h9H,5-8H2,1-4H3. The van der Waals surface area contributed by atoms with Crippen molar-refractivity contribution in [2.45, 2.75) is 38.9 Å². The summed E-state index contributed by atoms with van der Waals surface area (Å²) in [6.45, 7) is 6.68. The van der Waals surface area contributed by atoms with Crippen molar-refractivity contribution < 1.29 is 23.8 Å². The van der Waals surface area contributed by atoms with Gasteiger partial charge in [0.25, 0.3) is 0 Å². The third kappa shape index (κ3) is 4.91. The zero-order chi connectivity index (χ0) is 13.8. The zero-order valence-corrected chi connectivity index (χ0v) is 11.4. The van der Waals surface area contributed by atoms with E-state index in [1.807, 2.05) is 20.8 Å². The van der Waals surface area contributed by atoms with Crippen LogP contribution >= 0.6 is 0 Å². The lowest BCUT2D eigenvalue weighted by molar-refractivity contribution is -0.145. The van der Waals surface area contributed by atoms with Crippen LogP contribution in [0.15, 0.2) is 0 Å². The van der Waals surface area contributed by atoms with Crippen molar-refractivity contribution in [3.63, 3.8) is 0 Å². The Morgan fingerprint density at radius 3 is 2.61 bits per heavy atom. The Balaban J connectivity index is 2.48. The predicted octanol–water partition coefficient (Wildman–Crippen LogP) is 1.19. The molecular weight excluding hydrogens is 238 g/mol. The van der Waals surface area contributed by atoms with E-state index in [4.69, 9.17) is 9.47 Å². The molecule has 0 aromatic carbocycles. The lowest BCUT2D eigenvalue weighted by atomic mass is 10.2. The predicted molar refractivity (Wildman–Crippen MR) is 64.2 cm³/mol. The van der Waals surface area contributed by atoms with Crippen LogP contribution in [0.2, 0.25) is 0 Å². The van der Waals surface area contributed by atoms with Crippen molar-refractivity contribution in [3.8, 4) is 0 Å². The highest BCUT2D eigenvalue weighted by Gasteiger charge is 2.29. The van der Waals surface area contributed by atoms with E-state index in [-0.39, 0.29) is 24.6 Å². The smallest absolute Gasteiger partial charge is 0.410 e. The lowest BCUT2D eigenvalue weighted by Crippen LogP contribution is -2.48. The molecule has 18 heavy (non-hydrogen) atoms. The fourth-order valence-electron chi connectivity index (χ4n) is 1.60. The summed E-state index contributed by atoms with van der Waals surface area (Å²) in [7, 11) is 1.33. The summed E-state index contributed by atoms with van der Waals surface area (Å²) in [6.07, 6.45) is -0.546. The average molecular weight is 259 g/mol. The average Bonchev–Trinajstić information content (AvgIpc) is 2.27. The topological polar surface area (TPSA) is 65.1 Å². The number of nitrogens with zero attached hydrogens (tertiary/aromatic N) is 1. The molecule has 1 saturated heterocycles. The van der Waals surface area contributed by atoms with Crippen molar-refractivity contribution in [2.75, 3.05) is 26.8 Å². The first-order valence-electron chi connectivity index (χ1n) is 5.98. The Hall–Kier alpha value is -1.30. The Morgan fingerprint density at radius 1 is 1.39 bits per heavy atom. The van der Waals surface area contributed by atoms with Crippen LogP contribution in [0.5, 0.6) is 0 Å². The van der Waals surface area contributed by atoms with E-state index in [2.05, 4.69) is 4.74 Å². The monoisotopic (exact) mass is 259 g/mol. The van der Waals surface area contributed by atoms with Crippen molar-refractivity contribution in [3.05, 3.63) is 0 Å². The molecule has 6 heteroatoms. The Bertz CT molecular complexity index is 310. The van der Waals surface area contributed by atoms with Gasteiger partial charge in [-0.05, 0) is 20.8 Å². The van der Waals surface area contributed by atoms with Gasteiger partial charge < -0.3 is 19.1 Å². The highest BCUT2D eigenvalue weighted by Crippen LogP contribution is 2.14. The molecule has 1 unspecified atom stereocenters. The van der Waals surface area contributed by atoms with Crippen LogP contribution in [-0.2, 0) is 19.0 Å². The molecule has 1 aliphatic rings. The molecular formula is C12H21NO5. The molecule has 0 N–H and O–H groups in total. The summed E-state index contributed by atoms with van der Waals surface area (Å²) in [6, 6.07) is 0. The van der Waals surface area contributed by atoms with Gasteiger partial charge in [-0.1, -0.05) is 0 Å². The van der Waals surface area contributed by atoms with Crippen LogP contribution in [-0.4, -0.2) is 55.5 Å². The number of hydrogen-bond donors (Lipinski definition) is 0. The van der Waals surface area contributed by atoms with Gasteiger partial charge in [-0.2, -0.15) is 0 Å². The number of methoxy groups -OCH3 is 1. The molecule has 6 nitrogen and oxygen atoms in total. The minimum absolute atomic E-state index is 0.149. The maximum atomic E-state index is 11.8. The van der Waals surface area contributed by atoms with Gasteiger partial charge in [0, 0.05) is 6.54 Å². The number of carbonyl (C=O) groups is 2. The summed E-state index contributed by atoms with van der Waals surface area (Å²) in [4.78, 5) is 24.6. The number of rotatable bonds is 2. The Labute approximate surface area is 107 Å². The molecule has 1 fully saturated rings. The molecule has 1 atom stereocenters. The quantitative estimate of drug-likeness (QED) is 0.697. The molecule has 0 saturated carbocycles. The molecule has 0 bridgehead atoms. The van der Waals surface area contributed by atoms with Gasteiger partial charge in [-0.3, -0.25) is 4.79 Å². The first-order chi connectivity index (χ1) is 8.31. The third-order valence-corrected chi connectivity index (χ3v) is 2.41. The van der Waals surface area contributed by atoms with Crippen LogP contribution in [0, 0.1) is 0 Å². The molecule has 1 aliphatic heterocycles. The van der Waals surface area contributed by atoms with E-state index >= 15 is 0 Å². The minimum Gasteiger partial charge on any atom is -0.469 e. The second-order valence-corrected chi connectivity index (χ2v) is 5.20. The van der Waals surface area contributed by atoms with Gasteiger partial charge >= 0.3 is 12.1 Å². The molecule has 104 valence electrons. The van der Waals surface area contributed by atoms with Gasteiger partial charge in [0.2, 0.25) is 0 Å². The van der Waals surface area contributed by atoms with Gasteiger partial charge in [-0.25, -0.2) is 4.79 Å². The molecule has 0 aromatic heterocycles. The van der Waals surface area contributed by atoms with E-state index < -0.39 is 5.60 Å². The molecule has 0 spiro atoms. The van der Waals surface area contributed by atoms with Crippen molar-refractivity contribution in [2.24, 2.45) is 0 Å². The number of esters is 1. The highest BCUT2D eigenvalue weighted by atomic mass is 16.6. The zero-order valence-electron chi connectivity index (χ0n) is 11.4. The normalized spacial score (nSPS) is 20.4. The third-order valence-electron chi connectivity index (χ3n) is 2.41. The second-order valence-electron chi connectivity index (χ2n) is 5.20. The van der Waals surface area contributed by atoms with E-state index in [1.54, 1.807) is 4.90 Å². The van der Waals surface area contributed by atoms with Gasteiger partial charge in [0.15, 0.2) is 0 Å². The first-order valence-corrected chi connectivity index (χ1v) is 5.98. The van der Waals surface area contributed by atoms with Gasteiger partial charge in [0.05, 0.1) is 32.8 Å². The number of ether oxygens (including phenoxy) is 3. The van der Waals surface area contributed by atoms with Crippen LogP contribution < -0.4 is 0 Å². The number of carbonyl (C=O) groups excluding carboxylic acids is 2. The maximum Gasteiger partial charge on any atom is 0.410 e. The molecule has 0 aromatic rings. The van der Waals surface area contributed by atoms with E-state index in [0.29, 0.717) is 19.7 Å². The van der Waals surface area contributed by atoms with Gasteiger partial charge in [-0.15, -0.1) is 0 Å². The summed E-state index contributed by atoms with van der Waals surface area (Å²) in [5, 5.41) is 0. The fourth-order valence-corrected chi connectivity index (χ4v) is 1.60. The van der Waals surface area contributed by atoms with Gasteiger partial charge in [0.1, 0.15) is 5.60 Å². The summed E-state index contributed by atoms with van der Waals surface area (Å²) >= 11 is 0. The molecule has 1 rings (SSSR count). The van der Waals surface area contributed by atoms with Crippen LogP contribution in [0.25, 0.3) is 0 Å². The lowest BCUT2D eigenvalue weighted by Gasteiger charge is -2.33. The minimum atomic E-state index is -0.521. The van der Waals surface area contributed by atoms with Crippen molar-refractivity contribution in [1.29, 1.82) is 0 Å². The number of hydrogen-bond acceptors (Lipinski definition) is 5. The van der Waals surface area contributed by atoms with Crippen molar-refractivity contribution >= 4 is 12.1 Å². The summed E-state index contributed by atoms with van der Waals surface area (Å²) in [5.74, 6) is -0.342. The Kier molecular flexibility index (Phi) is 4.95. The SMILES string of the molecule is COC(=O)CC1CN(C(=O)OC(C)(C)C)CCO1. The number of amides is 1. The van der Waals surface area contributed by atoms with Crippen molar-refractivity contribution in [1.82, 2.24) is 4.90 Å². The first kappa shape index (κ1) is 14.8. The molecule has 1 heterocycles. The molecule has 0 radical (unpaired) electrons. The van der Waals surface area contributed by atoms with E-state index in [9.17, 15) is 9.59 Å². The number of morpholine rings is 1. The van der Waals surface area contributed by atoms with Crippen LogP contribution in [0.3, 0.4) is 0 Å². The molecule has 0 aliphatic carbocycles.